The van der Waals surface area contributed by atoms with Crippen LogP contribution in [0, 0.1) is 11.8 Å². The summed E-state index contributed by atoms with van der Waals surface area (Å²) in [5.74, 6) is 0.149. The van der Waals surface area contributed by atoms with Crippen LogP contribution < -0.4 is 0 Å². The van der Waals surface area contributed by atoms with E-state index in [1.807, 2.05) is 45.8 Å². The summed E-state index contributed by atoms with van der Waals surface area (Å²) in [5.41, 5.74) is 0.816. The Labute approximate surface area is 145 Å². The molecule has 0 aliphatic heterocycles. The molecule has 126 valence electrons. The minimum absolute atomic E-state index is 0.0695. The predicted octanol–water partition coefficient (Wildman–Crippen LogP) is 4.03. The van der Waals surface area contributed by atoms with Crippen molar-refractivity contribution in [2.24, 2.45) is 11.8 Å². The van der Waals surface area contributed by atoms with Crippen LogP contribution in [0.5, 0.6) is 0 Å². The highest BCUT2D eigenvalue weighted by molar-refractivity contribution is 7.80. The van der Waals surface area contributed by atoms with Crippen LogP contribution in [0.3, 0.4) is 0 Å². The topological polar surface area (TPSA) is 29.5 Å². The lowest BCUT2D eigenvalue weighted by atomic mass is 9.95. The molecule has 1 saturated carbocycles. The number of carbonyl (C=O) groups is 1. The summed E-state index contributed by atoms with van der Waals surface area (Å²) in [4.78, 5) is 15.5. The molecule has 0 heterocycles. The molecule has 1 aromatic rings. The summed E-state index contributed by atoms with van der Waals surface area (Å²) >= 11 is 5.60. The van der Waals surface area contributed by atoms with E-state index in [-0.39, 0.29) is 17.8 Å². The Hall–Kier alpha value is -1.42. The predicted molar refractivity (Wildman–Crippen MR) is 97.5 cm³/mol. The van der Waals surface area contributed by atoms with Gasteiger partial charge in [0.05, 0.1) is 10.9 Å². The zero-order valence-corrected chi connectivity index (χ0v) is 15.5. The molecule has 0 radical (unpaired) electrons. The summed E-state index contributed by atoms with van der Waals surface area (Å²) in [6.07, 6.45) is 1.71. The van der Waals surface area contributed by atoms with Crippen LogP contribution in [0.25, 0.3) is 0 Å². The van der Waals surface area contributed by atoms with E-state index in [0.717, 1.165) is 17.8 Å². The van der Waals surface area contributed by atoms with Gasteiger partial charge in [0.15, 0.2) is 0 Å². The lowest BCUT2D eigenvalue weighted by Crippen LogP contribution is -2.36. The van der Waals surface area contributed by atoms with Crippen LogP contribution in [0.4, 0.5) is 0 Å². The van der Waals surface area contributed by atoms with E-state index in [4.69, 9.17) is 17.0 Å². The average Bonchev–Trinajstić information content (AvgIpc) is 2.90. The highest BCUT2D eigenvalue weighted by Crippen LogP contribution is 2.44. The molecule has 1 aromatic carbocycles. The molecule has 0 aromatic heterocycles. The maximum atomic E-state index is 12.7. The van der Waals surface area contributed by atoms with E-state index in [0.29, 0.717) is 5.92 Å². The van der Waals surface area contributed by atoms with Gasteiger partial charge in [-0.25, -0.2) is 0 Å². The molecule has 0 amide bonds. The van der Waals surface area contributed by atoms with Crippen molar-refractivity contribution in [3.05, 3.63) is 35.9 Å². The Kier molecular flexibility index (Phi) is 5.45. The van der Waals surface area contributed by atoms with Crippen molar-refractivity contribution in [2.45, 2.75) is 45.1 Å². The third kappa shape index (κ3) is 4.54. The Morgan fingerprint density at radius 2 is 1.70 bits per heavy atom. The van der Waals surface area contributed by atoms with Gasteiger partial charge in [-0.1, -0.05) is 42.5 Å². The molecule has 1 aliphatic rings. The van der Waals surface area contributed by atoms with Gasteiger partial charge in [0.2, 0.25) is 0 Å². The van der Waals surface area contributed by atoms with E-state index >= 15 is 0 Å². The molecule has 0 unspecified atom stereocenters. The quantitative estimate of drug-likeness (QED) is 0.617. The number of benzene rings is 1. The van der Waals surface area contributed by atoms with Gasteiger partial charge in [-0.3, -0.25) is 4.79 Å². The molecule has 0 N–H and O–H groups in total. The minimum Gasteiger partial charge on any atom is -0.460 e. The summed E-state index contributed by atoms with van der Waals surface area (Å²) in [5, 5.41) is 0. The van der Waals surface area contributed by atoms with Crippen molar-refractivity contribution < 1.29 is 9.53 Å². The van der Waals surface area contributed by atoms with Crippen LogP contribution in [-0.2, 0) is 9.53 Å². The van der Waals surface area contributed by atoms with Crippen LogP contribution >= 0.6 is 12.2 Å². The number of rotatable bonds is 3. The zero-order chi connectivity index (χ0) is 17.2. The van der Waals surface area contributed by atoms with Gasteiger partial charge in [0.1, 0.15) is 5.60 Å². The van der Waals surface area contributed by atoms with E-state index in [1.165, 1.54) is 5.56 Å². The molecule has 1 fully saturated rings. The van der Waals surface area contributed by atoms with Crippen molar-refractivity contribution in [1.82, 2.24) is 4.90 Å². The van der Waals surface area contributed by atoms with E-state index in [9.17, 15) is 4.79 Å². The average molecular weight is 333 g/mol. The Bertz CT molecular complexity index is 562. The summed E-state index contributed by atoms with van der Waals surface area (Å²) in [7, 11) is 3.90. The minimum atomic E-state index is -0.466. The normalized spacial score (nSPS) is 24.3. The molecular weight excluding hydrogens is 306 g/mol. The summed E-state index contributed by atoms with van der Waals surface area (Å²) in [6.45, 7) is 5.73. The zero-order valence-electron chi connectivity index (χ0n) is 14.7. The van der Waals surface area contributed by atoms with Gasteiger partial charge in [-0.2, -0.15) is 0 Å². The molecule has 0 spiro atoms. The van der Waals surface area contributed by atoms with Crippen LogP contribution in [0.15, 0.2) is 30.3 Å². The third-order valence-corrected chi connectivity index (χ3v) is 4.97. The molecule has 3 atom stereocenters. The SMILES string of the molecule is CN(C)C(=S)[C@H]1C[C@@H](c2ccccc2)C[C@@H]1C(=O)OC(C)(C)C. The van der Waals surface area contributed by atoms with Crippen molar-refractivity contribution in [1.29, 1.82) is 0 Å². The van der Waals surface area contributed by atoms with Crippen molar-refractivity contribution in [3.8, 4) is 0 Å². The monoisotopic (exact) mass is 333 g/mol. The first-order chi connectivity index (χ1) is 10.7. The van der Waals surface area contributed by atoms with Gasteiger partial charge >= 0.3 is 5.97 Å². The molecule has 0 saturated heterocycles. The Balaban J connectivity index is 2.22. The smallest absolute Gasteiger partial charge is 0.310 e. The number of hydrogen-bond donors (Lipinski definition) is 0. The van der Waals surface area contributed by atoms with Gasteiger partial charge < -0.3 is 9.64 Å². The highest BCUT2D eigenvalue weighted by atomic mass is 32.1. The fraction of sp³-hybridized carbons (Fsp3) is 0.579. The molecular formula is C19H27NO2S. The van der Waals surface area contributed by atoms with Crippen LogP contribution in [-0.4, -0.2) is 35.6 Å². The highest BCUT2D eigenvalue weighted by Gasteiger charge is 2.43. The van der Waals surface area contributed by atoms with Gasteiger partial charge in [0.25, 0.3) is 0 Å². The maximum absolute atomic E-state index is 12.7. The number of nitrogens with zero attached hydrogens (tertiary/aromatic N) is 1. The Morgan fingerprint density at radius 1 is 1.13 bits per heavy atom. The van der Waals surface area contributed by atoms with E-state index in [2.05, 4.69) is 24.3 Å². The molecule has 3 nitrogen and oxygen atoms in total. The van der Waals surface area contributed by atoms with Gasteiger partial charge in [-0.05, 0) is 45.1 Å². The number of thiocarbonyl (C=S) groups is 1. The van der Waals surface area contributed by atoms with Crippen LogP contribution in [0.2, 0.25) is 0 Å². The van der Waals surface area contributed by atoms with Gasteiger partial charge in [0, 0.05) is 20.0 Å². The Morgan fingerprint density at radius 3 is 2.22 bits per heavy atom. The lowest BCUT2D eigenvalue weighted by molar-refractivity contribution is -0.160. The molecule has 2 rings (SSSR count). The first-order valence-corrected chi connectivity index (χ1v) is 8.59. The molecule has 4 heteroatoms. The van der Waals surface area contributed by atoms with Crippen molar-refractivity contribution in [2.75, 3.05) is 14.1 Å². The number of esters is 1. The van der Waals surface area contributed by atoms with E-state index < -0.39 is 5.60 Å². The van der Waals surface area contributed by atoms with E-state index in [1.54, 1.807) is 0 Å². The van der Waals surface area contributed by atoms with Crippen molar-refractivity contribution >= 4 is 23.2 Å². The summed E-state index contributed by atoms with van der Waals surface area (Å²) < 4.78 is 5.65. The largest absolute Gasteiger partial charge is 0.460 e. The second kappa shape index (κ2) is 7.00. The molecule has 1 aliphatic carbocycles. The second-order valence-electron chi connectivity index (χ2n) is 7.56. The number of carbonyl (C=O) groups excluding carboxylic acids is 1. The number of ether oxygens (including phenoxy) is 1. The first-order valence-electron chi connectivity index (χ1n) is 8.18. The van der Waals surface area contributed by atoms with Crippen molar-refractivity contribution in [3.63, 3.8) is 0 Å². The first kappa shape index (κ1) is 17.9. The van der Waals surface area contributed by atoms with Crippen LogP contribution in [0.1, 0.15) is 45.1 Å². The number of hydrogen-bond acceptors (Lipinski definition) is 3. The summed E-state index contributed by atoms with van der Waals surface area (Å²) in [6, 6.07) is 10.4. The fourth-order valence-corrected chi connectivity index (χ4v) is 3.54. The molecule has 23 heavy (non-hydrogen) atoms. The van der Waals surface area contributed by atoms with Gasteiger partial charge in [-0.15, -0.1) is 0 Å². The standard InChI is InChI=1S/C19H27NO2S/c1-19(2,3)22-18(21)16-12-14(13-9-7-6-8-10-13)11-15(16)17(23)20(4)5/h6-10,14-16H,11-12H2,1-5H3/t14-,15+,16+/m1/s1. The maximum Gasteiger partial charge on any atom is 0.310 e. The lowest BCUT2D eigenvalue weighted by Gasteiger charge is -2.27. The fourth-order valence-electron chi connectivity index (χ4n) is 3.28. The molecule has 0 bridgehead atoms. The second-order valence-corrected chi connectivity index (χ2v) is 7.98. The third-order valence-electron chi connectivity index (χ3n) is 4.30.